The van der Waals surface area contributed by atoms with Crippen LogP contribution in [0.4, 0.5) is 11.4 Å². The standard InChI is InChI=1S/C26H23ClN6O6S/c1-14-22(26(37)33(32(14)2)20-6-4-3-5-7-20)31-40(38,39)21-12-17(9-18(27)13-21)25(36)30-19-10-15(23(28)34)8-16(11-19)24(29)35/h3-13,31H,1-2H3,(H2,28,34)(H2,29,35)(H,30,36). The third-order valence-electron chi connectivity index (χ3n) is 5.99. The van der Waals surface area contributed by atoms with Crippen LogP contribution >= 0.6 is 11.6 Å². The van der Waals surface area contributed by atoms with E-state index >= 15 is 0 Å². The molecule has 4 aromatic rings. The first-order valence-electron chi connectivity index (χ1n) is 11.5. The predicted octanol–water partition coefficient (Wildman–Crippen LogP) is 2.39. The van der Waals surface area contributed by atoms with Crippen molar-refractivity contribution >= 4 is 50.7 Å². The highest BCUT2D eigenvalue weighted by Crippen LogP contribution is 2.24. The van der Waals surface area contributed by atoms with Crippen LogP contribution in [-0.4, -0.2) is 35.5 Å². The lowest BCUT2D eigenvalue weighted by Crippen LogP contribution is -2.23. The predicted molar refractivity (Wildman–Crippen MR) is 149 cm³/mol. The van der Waals surface area contributed by atoms with Gasteiger partial charge in [0.2, 0.25) is 11.8 Å². The number of anilines is 2. The largest absolute Gasteiger partial charge is 0.366 e. The van der Waals surface area contributed by atoms with Crippen molar-refractivity contribution < 1.29 is 22.8 Å². The summed E-state index contributed by atoms with van der Waals surface area (Å²) in [5, 5.41) is 2.39. The quantitative estimate of drug-likeness (QED) is 0.247. The summed E-state index contributed by atoms with van der Waals surface area (Å²) in [6.07, 6.45) is 0. The minimum atomic E-state index is -4.39. The van der Waals surface area contributed by atoms with Crippen molar-refractivity contribution in [3.63, 3.8) is 0 Å². The number of benzene rings is 3. The molecule has 3 aromatic carbocycles. The number of carbonyl (C=O) groups is 3. The van der Waals surface area contributed by atoms with Crippen LogP contribution in [0.25, 0.3) is 5.69 Å². The second kappa shape index (κ2) is 10.7. The Bertz CT molecular complexity index is 1820. The molecule has 0 saturated carbocycles. The van der Waals surface area contributed by atoms with Gasteiger partial charge in [0.25, 0.3) is 21.5 Å². The Balaban J connectivity index is 1.68. The molecule has 0 unspecified atom stereocenters. The molecule has 0 saturated heterocycles. The molecule has 3 amide bonds. The van der Waals surface area contributed by atoms with Gasteiger partial charge in [0.15, 0.2) is 0 Å². The molecular weight excluding hydrogens is 560 g/mol. The molecule has 12 nitrogen and oxygen atoms in total. The van der Waals surface area contributed by atoms with Gasteiger partial charge in [-0.05, 0) is 55.5 Å². The molecule has 6 N–H and O–H groups in total. The van der Waals surface area contributed by atoms with Crippen molar-refractivity contribution in [2.45, 2.75) is 11.8 Å². The van der Waals surface area contributed by atoms with Gasteiger partial charge in [-0.2, -0.15) is 0 Å². The zero-order chi connectivity index (χ0) is 29.4. The first-order valence-corrected chi connectivity index (χ1v) is 13.4. The Morgan fingerprint density at radius 1 is 0.875 bits per heavy atom. The molecular formula is C26H23ClN6O6S. The summed E-state index contributed by atoms with van der Waals surface area (Å²) in [6, 6.07) is 15.7. The summed E-state index contributed by atoms with van der Waals surface area (Å²) in [5.74, 6) is -2.52. The zero-order valence-corrected chi connectivity index (χ0v) is 22.7. The Morgan fingerprint density at radius 2 is 1.48 bits per heavy atom. The van der Waals surface area contributed by atoms with Crippen molar-refractivity contribution in [1.82, 2.24) is 9.36 Å². The van der Waals surface area contributed by atoms with E-state index in [1.807, 2.05) is 0 Å². The summed E-state index contributed by atoms with van der Waals surface area (Å²) >= 11 is 6.15. The monoisotopic (exact) mass is 582 g/mol. The molecule has 0 aliphatic heterocycles. The van der Waals surface area contributed by atoms with Crippen LogP contribution in [0, 0.1) is 6.92 Å². The molecule has 0 bridgehead atoms. The number of nitrogens with two attached hydrogens (primary N) is 2. The minimum Gasteiger partial charge on any atom is -0.366 e. The van der Waals surface area contributed by atoms with Gasteiger partial charge < -0.3 is 16.8 Å². The second-order valence-electron chi connectivity index (χ2n) is 8.70. The Labute approximate surface area is 233 Å². The molecule has 40 heavy (non-hydrogen) atoms. The minimum absolute atomic E-state index is 0.0129. The van der Waals surface area contributed by atoms with Crippen molar-refractivity contribution in [2.75, 3.05) is 10.0 Å². The van der Waals surface area contributed by atoms with Crippen LogP contribution in [0.5, 0.6) is 0 Å². The normalized spacial score (nSPS) is 11.2. The number of carbonyl (C=O) groups excluding carboxylic acids is 3. The SMILES string of the molecule is Cc1c(NS(=O)(=O)c2cc(Cl)cc(C(=O)Nc3cc(C(N)=O)cc(C(N)=O)c3)c2)c(=O)n(-c2ccccc2)n1C. The lowest BCUT2D eigenvalue weighted by molar-refractivity contribution is 0.0994. The summed E-state index contributed by atoms with van der Waals surface area (Å²) in [4.78, 5) is 49.0. The van der Waals surface area contributed by atoms with Crippen molar-refractivity contribution in [3.05, 3.63) is 104 Å². The number of halogens is 1. The van der Waals surface area contributed by atoms with E-state index in [0.717, 1.165) is 12.1 Å². The highest BCUT2D eigenvalue weighted by atomic mass is 35.5. The molecule has 14 heteroatoms. The average Bonchev–Trinajstić information content (AvgIpc) is 3.11. The smallest absolute Gasteiger partial charge is 0.296 e. The zero-order valence-electron chi connectivity index (χ0n) is 21.1. The average molecular weight is 583 g/mol. The fourth-order valence-corrected chi connectivity index (χ4v) is 5.40. The molecule has 0 radical (unpaired) electrons. The first kappa shape index (κ1) is 28.1. The lowest BCUT2D eigenvalue weighted by Gasteiger charge is -2.11. The van der Waals surface area contributed by atoms with Crippen molar-refractivity contribution in [3.8, 4) is 5.69 Å². The van der Waals surface area contributed by atoms with E-state index in [-0.39, 0.29) is 38.0 Å². The summed E-state index contributed by atoms with van der Waals surface area (Å²) < 4.78 is 31.8. The number of sulfonamides is 1. The molecule has 1 aromatic heterocycles. The van der Waals surface area contributed by atoms with Crippen LogP contribution in [0.15, 0.2) is 76.4 Å². The van der Waals surface area contributed by atoms with Crippen LogP contribution in [-0.2, 0) is 17.1 Å². The Morgan fingerprint density at radius 3 is 2.05 bits per heavy atom. The molecule has 206 valence electrons. The highest BCUT2D eigenvalue weighted by molar-refractivity contribution is 7.92. The fourth-order valence-electron chi connectivity index (χ4n) is 3.92. The van der Waals surface area contributed by atoms with Gasteiger partial charge in [-0.15, -0.1) is 0 Å². The number of aromatic nitrogens is 2. The first-order chi connectivity index (χ1) is 18.8. The van der Waals surface area contributed by atoms with E-state index in [2.05, 4.69) is 10.0 Å². The molecule has 0 spiro atoms. The third-order valence-corrected chi connectivity index (χ3v) is 7.54. The van der Waals surface area contributed by atoms with Gasteiger partial charge in [0.05, 0.1) is 16.3 Å². The highest BCUT2D eigenvalue weighted by Gasteiger charge is 2.24. The summed E-state index contributed by atoms with van der Waals surface area (Å²) in [7, 11) is -2.78. The van der Waals surface area contributed by atoms with E-state index in [1.165, 1.54) is 33.6 Å². The van der Waals surface area contributed by atoms with Crippen LogP contribution in [0.3, 0.4) is 0 Å². The van der Waals surface area contributed by atoms with Crippen LogP contribution in [0.1, 0.15) is 36.8 Å². The number of para-hydroxylation sites is 1. The number of rotatable bonds is 8. The Kier molecular flexibility index (Phi) is 7.53. The van der Waals surface area contributed by atoms with Crippen LogP contribution in [0.2, 0.25) is 5.02 Å². The van der Waals surface area contributed by atoms with E-state index in [4.69, 9.17) is 23.1 Å². The van der Waals surface area contributed by atoms with E-state index in [0.29, 0.717) is 11.4 Å². The maximum atomic E-state index is 13.3. The van der Waals surface area contributed by atoms with Crippen LogP contribution < -0.4 is 27.1 Å². The van der Waals surface area contributed by atoms with Gasteiger partial charge in [-0.25, -0.2) is 13.1 Å². The lowest BCUT2D eigenvalue weighted by atomic mass is 10.1. The maximum absolute atomic E-state index is 13.3. The number of primary amides is 2. The van der Waals surface area contributed by atoms with Gasteiger partial charge in [-0.3, -0.25) is 28.6 Å². The number of nitrogens with one attached hydrogen (secondary N) is 2. The maximum Gasteiger partial charge on any atom is 0.296 e. The van der Waals surface area contributed by atoms with Crippen molar-refractivity contribution in [1.29, 1.82) is 0 Å². The molecule has 4 rings (SSSR count). The third kappa shape index (κ3) is 5.60. The fraction of sp³-hybridized carbons (Fsp3) is 0.0769. The number of hydrogen-bond donors (Lipinski definition) is 4. The summed E-state index contributed by atoms with van der Waals surface area (Å²) in [5.41, 5.74) is 10.4. The number of amides is 3. The topological polar surface area (TPSA) is 188 Å². The van der Waals surface area contributed by atoms with E-state index in [1.54, 1.807) is 44.3 Å². The molecule has 0 atom stereocenters. The van der Waals surface area contributed by atoms with E-state index in [9.17, 15) is 27.6 Å². The number of nitrogens with zero attached hydrogens (tertiary/aromatic N) is 2. The van der Waals surface area contributed by atoms with Gasteiger partial charge in [0, 0.05) is 34.4 Å². The van der Waals surface area contributed by atoms with Gasteiger partial charge in [-0.1, -0.05) is 29.8 Å². The van der Waals surface area contributed by atoms with Gasteiger partial charge in [0.1, 0.15) is 5.69 Å². The van der Waals surface area contributed by atoms with Crippen molar-refractivity contribution in [2.24, 2.45) is 18.5 Å². The molecule has 0 fully saturated rings. The Hall–Kier alpha value is -4.88. The van der Waals surface area contributed by atoms with E-state index < -0.39 is 33.3 Å². The van der Waals surface area contributed by atoms with Gasteiger partial charge >= 0.3 is 0 Å². The number of hydrogen-bond acceptors (Lipinski definition) is 6. The second-order valence-corrected chi connectivity index (χ2v) is 10.8. The summed E-state index contributed by atoms with van der Waals surface area (Å²) in [6.45, 7) is 1.58. The molecule has 0 aliphatic rings. The molecule has 0 aliphatic carbocycles. The molecule has 1 heterocycles.